The lowest BCUT2D eigenvalue weighted by atomic mass is 10.1. The van der Waals surface area contributed by atoms with Crippen LogP contribution >= 0.6 is 11.6 Å². The molecule has 112 valence electrons. The Hall–Kier alpha value is -1.92. The maximum absolute atomic E-state index is 12.8. The first-order chi connectivity index (χ1) is 9.81. The van der Waals surface area contributed by atoms with Crippen molar-refractivity contribution < 1.29 is 18.0 Å². The summed E-state index contributed by atoms with van der Waals surface area (Å²) in [5, 5.41) is 3.29. The van der Waals surface area contributed by atoms with E-state index in [2.05, 4.69) is 10.0 Å². The van der Waals surface area contributed by atoms with Crippen molar-refractivity contribution in [2.24, 2.45) is 11.0 Å². The number of anilines is 1. The molecule has 0 spiro atoms. The minimum Gasteiger partial charge on any atom is -0.312 e. The molecule has 2 rings (SSSR count). The molecular formula is C12H10ClF3N4O. The minimum absolute atomic E-state index is 0.0916. The van der Waals surface area contributed by atoms with Gasteiger partial charge in [0.25, 0.3) is 0 Å². The van der Waals surface area contributed by atoms with E-state index in [1.807, 2.05) is 0 Å². The van der Waals surface area contributed by atoms with E-state index >= 15 is 0 Å². The Morgan fingerprint density at radius 3 is 2.76 bits per heavy atom. The zero-order valence-electron chi connectivity index (χ0n) is 10.6. The predicted molar refractivity (Wildman–Crippen MR) is 70.9 cm³/mol. The summed E-state index contributed by atoms with van der Waals surface area (Å²) in [6.45, 7) is 0.334. The third-order valence-corrected chi connectivity index (χ3v) is 3.35. The van der Waals surface area contributed by atoms with Gasteiger partial charge in [-0.15, -0.1) is 0 Å². The predicted octanol–water partition coefficient (Wildman–Crippen LogP) is 4.02. The molecule has 0 aromatic heterocycles. The summed E-state index contributed by atoms with van der Waals surface area (Å²) in [5.74, 6) is -0.523. The normalized spacial score (nSPS) is 18.8. The van der Waals surface area contributed by atoms with Crippen molar-refractivity contribution >= 4 is 23.2 Å². The van der Waals surface area contributed by atoms with Gasteiger partial charge in [-0.3, -0.25) is 4.79 Å². The van der Waals surface area contributed by atoms with Gasteiger partial charge >= 0.3 is 6.18 Å². The number of benzene rings is 1. The summed E-state index contributed by atoms with van der Waals surface area (Å²) in [4.78, 5) is 15.7. The zero-order chi connectivity index (χ0) is 15.6. The molecule has 21 heavy (non-hydrogen) atoms. The molecule has 9 heteroatoms. The van der Waals surface area contributed by atoms with Gasteiger partial charge in [0.05, 0.1) is 5.56 Å². The number of hydrogen-bond donors (Lipinski definition) is 0. The summed E-state index contributed by atoms with van der Waals surface area (Å²) in [7, 11) is 0. The van der Waals surface area contributed by atoms with Crippen molar-refractivity contribution in [3.8, 4) is 0 Å². The van der Waals surface area contributed by atoms with Crippen molar-refractivity contribution in [2.45, 2.75) is 12.6 Å². The molecule has 1 fully saturated rings. The van der Waals surface area contributed by atoms with Crippen LogP contribution in [0, 0.1) is 5.92 Å². The van der Waals surface area contributed by atoms with Gasteiger partial charge in [0.2, 0.25) is 5.91 Å². The Bertz CT molecular complexity index is 613. The molecule has 1 amide bonds. The monoisotopic (exact) mass is 318 g/mol. The van der Waals surface area contributed by atoms with E-state index < -0.39 is 11.7 Å². The molecule has 0 radical (unpaired) electrons. The van der Waals surface area contributed by atoms with Gasteiger partial charge in [-0.2, -0.15) is 13.2 Å². The molecule has 0 saturated carbocycles. The van der Waals surface area contributed by atoms with Crippen molar-refractivity contribution in [3.63, 3.8) is 0 Å². The average Bonchev–Trinajstić information content (AvgIpc) is 2.76. The fourth-order valence-corrected chi connectivity index (χ4v) is 2.43. The highest BCUT2D eigenvalue weighted by Crippen LogP contribution is 2.36. The molecule has 1 heterocycles. The van der Waals surface area contributed by atoms with Crippen LogP contribution in [0.15, 0.2) is 23.3 Å². The number of amides is 1. The summed E-state index contributed by atoms with van der Waals surface area (Å²) >= 11 is 5.70. The molecule has 0 aliphatic carbocycles. The second-order valence-electron chi connectivity index (χ2n) is 4.68. The standard InChI is InChI=1S/C12H10ClF3N4O/c13-9-2-8(12(14,15)16)3-10(4-9)20-6-7(1-11(20)21)5-18-19-17/h2-4,7H,1,5-6H2. The molecule has 5 nitrogen and oxygen atoms in total. The Labute approximate surface area is 122 Å². The maximum Gasteiger partial charge on any atom is 0.416 e. The molecule has 1 saturated heterocycles. The van der Waals surface area contributed by atoms with Gasteiger partial charge in [0, 0.05) is 35.1 Å². The molecule has 1 unspecified atom stereocenters. The first-order valence-electron chi connectivity index (χ1n) is 6.00. The van der Waals surface area contributed by atoms with Crippen LogP contribution in [0.1, 0.15) is 12.0 Å². The number of halogens is 4. The summed E-state index contributed by atoms with van der Waals surface area (Å²) < 4.78 is 38.3. The second kappa shape index (κ2) is 5.83. The third kappa shape index (κ3) is 3.59. The molecular weight excluding hydrogens is 309 g/mol. The third-order valence-electron chi connectivity index (χ3n) is 3.13. The molecule has 0 bridgehead atoms. The first-order valence-corrected chi connectivity index (χ1v) is 6.38. The van der Waals surface area contributed by atoms with Crippen LogP contribution in [-0.2, 0) is 11.0 Å². The number of azide groups is 1. The highest BCUT2D eigenvalue weighted by molar-refractivity contribution is 6.31. The molecule has 1 aliphatic heterocycles. The van der Waals surface area contributed by atoms with Gasteiger partial charge in [0.1, 0.15) is 0 Å². The SMILES string of the molecule is [N-]=[N+]=NCC1CC(=O)N(c2cc(Cl)cc(C(F)(F)F)c2)C1. The first kappa shape index (κ1) is 15.5. The smallest absolute Gasteiger partial charge is 0.312 e. The fourth-order valence-electron chi connectivity index (χ4n) is 2.20. The number of carbonyl (C=O) groups is 1. The van der Waals surface area contributed by atoms with E-state index in [1.54, 1.807) is 0 Å². The number of carbonyl (C=O) groups excluding carboxylic acids is 1. The zero-order valence-corrected chi connectivity index (χ0v) is 11.4. The summed E-state index contributed by atoms with van der Waals surface area (Å²) in [6, 6.07) is 3.01. The molecule has 1 aliphatic rings. The number of rotatable bonds is 3. The van der Waals surface area contributed by atoms with Gasteiger partial charge in [-0.05, 0) is 29.6 Å². The quantitative estimate of drug-likeness (QED) is 0.471. The maximum atomic E-state index is 12.8. The van der Waals surface area contributed by atoms with Crippen LogP contribution in [0.5, 0.6) is 0 Å². The van der Waals surface area contributed by atoms with Gasteiger partial charge in [-0.1, -0.05) is 16.7 Å². The lowest BCUT2D eigenvalue weighted by Gasteiger charge is -2.18. The van der Waals surface area contributed by atoms with Crippen molar-refractivity contribution in [1.82, 2.24) is 0 Å². The molecule has 1 aromatic carbocycles. The Morgan fingerprint density at radius 1 is 1.43 bits per heavy atom. The van der Waals surface area contributed by atoms with Crippen LogP contribution in [0.4, 0.5) is 18.9 Å². The Morgan fingerprint density at radius 2 is 2.14 bits per heavy atom. The number of hydrogen-bond acceptors (Lipinski definition) is 2. The largest absolute Gasteiger partial charge is 0.416 e. The van der Waals surface area contributed by atoms with Crippen LogP contribution in [-0.4, -0.2) is 19.0 Å². The van der Waals surface area contributed by atoms with E-state index in [9.17, 15) is 18.0 Å². The van der Waals surface area contributed by atoms with E-state index in [1.165, 1.54) is 11.0 Å². The molecule has 1 atom stereocenters. The van der Waals surface area contributed by atoms with Crippen molar-refractivity contribution in [1.29, 1.82) is 0 Å². The Kier molecular flexibility index (Phi) is 4.29. The highest BCUT2D eigenvalue weighted by atomic mass is 35.5. The highest BCUT2D eigenvalue weighted by Gasteiger charge is 2.34. The molecule has 1 aromatic rings. The van der Waals surface area contributed by atoms with E-state index in [0.29, 0.717) is 0 Å². The lowest BCUT2D eigenvalue weighted by Crippen LogP contribution is -2.25. The van der Waals surface area contributed by atoms with Crippen molar-refractivity contribution in [3.05, 3.63) is 39.2 Å². The minimum atomic E-state index is -4.53. The van der Waals surface area contributed by atoms with Crippen LogP contribution in [0.3, 0.4) is 0 Å². The number of alkyl halides is 3. The van der Waals surface area contributed by atoms with Gasteiger partial charge in [0.15, 0.2) is 0 Å². The second-order valence-corrected chi connectivity index (χ2v) is 5.12. The number of nitrogens with zero attached hydrogens (tertiary/aromatic N) is 4. The van der Waals surface area contributed by atoms with Gasteiger partial charge in [-0.25, -0.2) is 0 Å². The van der Waals surface area contributed by atoms with E-state index in [4.69, 9.17) is 17.1 Å². The average molecular weight is 319 g/mol. The summed E-state index contributed by atoms with van der Waals surface area (Å²) in [6.07, 6.45) is -4.40. The van der Waals surface area contributed by atoms with Crippen LogP contribution in [0.25, 0.3) is 10.4 Å². The molecule has 0 N–H and O–H groups in total. The summed E-state index contributed by atoms with van der Waals surface area (Å²) in [5.41, 5.74) is 7.45. The van der Waals surface area contributed by atoms with E-state index in [0.717, 1.165) is 12.1 Å². The topological polar surface area (TPSA) is 69.1 Å². The van der Waals surface area contributed by atoms with Gasteiger partial charge < -0.3 is 4.90 Å². The van der Waals surface area contributed by atoms with Crippen LogP contribution in [0.2, 0.25) is 5.02 Å². The Balaban J connectivity index is 2.28. The fraction of sp³-hybridized carbons (Fsp3) is 0.417. The van der Waals surface area contributed by atoms with Crippen molar-refractivity contribution in [2.75, 3.05) is 18.0 Å². The lowest BCUT2D eigenvalue weighted by molar-refractivity contribution is -0.137. The van der Waals surface area contributed by atoms with Crippen LogP contribution < -0.4 is 4.90 Å². The van der Waals surface area contributed by atoms with E-state index in [-0.39, 0.29) is 42.0 Å².